The van der Waals surface area contributed by atoms with Crippen LogP contribution < -0.4 is 0 Å². The van der Waals surface area contributed by atoms with E-state index < -0.39 is 7.42 Å². The molecule has 0 aromatic carbocycles. The molecule has 0 N–H and O–H groups in total. The second-order valence-electron chi connectivity index (χ2n) is 0.391. The van der Waals surface area contributed by atoms with Crippen molar-refractivity contribution < 1.29 is 0 Å². The maximum Gasteiger partial charge on any atom is 0.236 e. The van der Waals surface area contributed by atoms with Crippen LogP contribution in [0, 0.1) is 6.55 Å². The Morgan fingerprint density at radius 2 is 1.50 bits per heavy atom. The predicted molar refractivity (Wildman–Crippen MR) is 24.2 cm³/mol. The normalized spacial score (nSPS) is 9.00. The quantitative estimate of drug-likeness (QED) is 0.326. The van der Waals surface area contributed by atoms with Gasteiger partial charge in [-0.05, 0) is 6.55 Å². The minimum atomic E-state index is -1.44. The van der Waals surface area contributed by atoms with Crippen molar-refractivity contribution >= 4 is 29.6 Å². The van der Waals surface area contributed by atoms with Crippen LogP contribution in [0.2, 0.25) is 0 Å². The average Bonchev–Trinajstić information content (AvgIpc) is 0.811. The summed E-state index contributed by atoms with van der Waals surface area (Å²) in [6, 6.07) is 0. The molecule has 0 bridgehead atoms. The van der Waals surface area contributed by atoms with Crippen molar-refractivity contribution in [1.29, 1.82) is 0 Å². The zero-order chi connectivity index (χ0) is 3.58. The molecule has 0 saturated heterocycles. The molecule has 0 unspecified atom stereocenters. The van der Waals surface area contributed by atoms with Crippen LogP contribution in [0.25, 0.3) is 0 Å². The largest absolute Gasteiger partial charge is 0.236 e. The summed E-state index contributed by atoms with van der Waals surface area (Å²) < 4.78 is 0. The Hall–Kier alpha value is 0.797. The molecule has 1 radical (unpaired) electrons. The van der Waals surface area contributed by atoms with Crippen LogP contribution in [0.15, 0.2) is 0 Å². The average molecular weight is 114 g/mol. The van der Waals surface area contributed by atoms with Crippen LogP contribution in [0.1, 0.15) is 0 Å². The highest BCUT2D eigenvalue weighted by molar-refractivity contribution is 7.34. The van der Waals surface area contributed by atoms with Crippen molar-refractivity contribution in [2.45, 2.75) is 0 Å². The molecule has 0 aliphatic carbocycles. The Kier molecular flexibility index (Phi) is 2.47. The van der Waals surface area contributed by atoms with Gasteiger partial charge in [0.05, 0.1) is 0 Å². The molecule has 0 spiro atoms. The van der Waals surface area contributed by atoms with E-state index >= 15 is 0 Å². The lowest BCUT2D eigenvalue weighted by Gasteiger charge is -1.68. The molecule has 0 aromatic heterocycles. The predicted octanol–water partition coefficient (Wildman–Crippen LogP) is 1.06. The van der Waals surface area contributed by atoms with E-state index in [1.165, 1.54) is 0 Å². The first-order valence-electron chi connectivity index (χ1n) is 0.845. The van der Waals surface area contributed by atoms with Crippen LogP contribution in [-0.4, -0.2) is 7.42 Å². The smallest absolute Gasteiger partial charge is 0.150 e. The second kappa shape index (κ2) is 2.06. The third kappa shape index (κ3) is 14.2. The minimum Gasteiger partial charge on any atom is -0.150 e. The summed E-state index contributed by atoms with van der Waals surface area (Å²) in [6.45, 7) is 3.31. The zero-order valence-corrected chi connectivity index (χ0v) is 4.71. The Balaban J connectivity index is 2.32. The second-order valence-corrected chi connectivity index (χ2v) is 5.00. The number of hydrogen-bond donors (Lipinski definition) is 0. The highest BCUT2D eigenvalue weighted by Crippen LogP contribution is 1.87. The lowest BCUT2D eigenvalue weighted by Crippen LogP contribution is -1.75. The Bertz CT molecular complexity index is 10.8. The molecular formula is CH3Cl2Si. The van der Waals surface area contributed by atoms with Crippen molar-refractivity contribution in [3.05, 3.63) is 6.55 Å². The number of halogens is 2. The fourth-order valence-electron chi connectivity index (χ4n) is 0. The van der Waals surface area contributed by atoms with Gasteiger partial charge in [-0.3, -0.25) is 0 Å². The molecule has 0 saturated carbocycles. The van der Waals surface area contributed by atoms with Gasteiger partial charge in [0.25, 0.3) is 0 Å². The van der Waals surface area contributed by atoms with Gasteiger partial charge in [0.2, 0.25) is 7.42 Å². The molecular weight excluding hydrogens is 111 g/mol. The van der Waals surface area contributed by atoms with E-state index in [0.717, 1.165) is 0 Å². The van der Waals surface area contributed by atoms with E-state index in [1.54, 1.807) is 0 Å². The standard InChI is InChI=1S/CH3Cl2Si/c1-4(2)3/h4H,1H2. The SMILES string of the molecule is [CH2][SiH](Cl)Cl. The lowest BCUT2D eigenvalue weighted by molar-refractivity contribution is 2.81. The molecule has 0 aromatic rings. The van der Waals surface area contributed by atoms with E-state index in [2.05, 4.69) is 6.55 Å². The van der Waals surface area contributed by atoms with Crippen LogP contribution in [0.3, 0.4) is 0 Å². The van der Waals surface area contributed by atoms with E-state index in [0.29, 0.717) is 0 Å². The zero-order valence-electron chi connectivity index (χ0n) is 2.04. The van der Waals surface area contributed by atoms with Gasteiger partial charge in [-0.1, -0.05) is 0 Å². The monoisotopic (exact) mass is 113 g/mol. The maximum absolute atomic E-state index is 5.07. The van der Waals surface area contributed by atoms with E-state index in [1.807, 2.05) is 0 Å². The van der Waals surface area contributed by atoms with Gasteiger partial charge >= 0.3 is 0 Å². The van der Waals surface area contributed by atoms with Gasteiger partial charge < -0.3 is 0 Å². The summed E-state index contributed by atoms with van der Waals surface area (Å²) in [5.74, 6) is 0. The summed E-state index contributed by atoms with van der Waals surface area (Å²) >= 11 is 10.1. The molecule has 0 nitrogen and oxygen atoms in total. The van der Waals surface area contributed by atoms with E-state index in [9.17, 15) is 0 Å². The third-order valence-electron chi connectivity index (χ3n) is 0. The van der Waals surface area contributed by atoms with Gasteiger partial charge in [0.1, 0.15) is 0 Å². The van der Waals surface area contributed by atoms with Gasteiger partial charge in [0.15, 0.2) is 0 Å². The molecule has 0 atom stereocenters. The summed E-state index contributed by atoms with van der Waals surface area (Å²) in [4.78, 5) is 0. The van der Waals surface area contributed by atoms with Gasteiger partial charge in [0, 0.05) is 0 Å². The summed E-state index contributed by atoms with van der Waals surface area (Å²) in [6.07, 6.45) is 0. The fourth-order valence-corrected chi connectivity index (χ4v) is 0. The summed E-state index contributed by atoms with van der Waals surface area (Å²) in [5, 5.41) is 0. The Morgan fingerprint density at radius 3 is 1.50 bits per heavy atom. The van der Waals surface area contributed by atoms with Crippen molar-refractivity contribution in [2.24, 2.45) is 0 Å². The summed E-state index contributed by atoms with van der Waals surface area (Å²) in [7, 11) is -1.44. The van der Waals surface area contributed by atoms with Crippen LogP contribution in [0.4, 0.5) is 0 Å². The van der Waals surface area contributed by atoms with Crippen molar-refractivity contribution in [3.63, 3.8) is 0 Å². The Morgan fingerprint density at radius 1 is 1.50 bits per heavy atom. The van der Waals surface area contributed by atoms with Crippen molar-refractivity contribution in [2.75, 3.05) is 0 Å². The molecule has 0 fully saturated rings. The molecule has 4 heavy (non-hydrogen) atoms. The highest BCUT2D eigenvalue weighted by atomic mass is 35.7. The summed E-state index contributed by atoms with van der Waals surface area (Å²) in [5.41, 5.74) is 0. The topological polar surface area (TPSA) is 0 Å². The first-order chi connectivity index (χ1) is 1.73. The molecule has 0 heterocycles. The molecule has 0 rings (SSSR count). The van der Waals surface area contributed by atoms with Gasteiger partial charge in [-0.25, -0.2) is 0 Å². The first kappa shape index (κ1) is 4.80. The molecule has 0 amide bonds. The third-order valence-corrected chi connectivity index (χ3v) is 0. The van der Waals surface area contributed by atoms with E-state index in [4.69, 9.17) is 22.2 Å². The van der Waals surface area contributed by atoms with Gasteiger partial charge in [-0.2, -0.15) is 22.2 Å². The van der Waals surface area contributed by atoms with Crippen LogP contribution in [-0.2, 0) is 0 Å². The molecule has 0 aliphatic rings. The van der Waals surface area contributed by atoms with Crippen LogP contribution >= 0.6 is 22.2 Å². The number of rotatable bonds is 0. The van der Waals surface area contributed by atoms with E-state index in [-0.39, 0.29) is 0 Å². The highest BCUT2D eigenvalue weighted by Gasteiger charge is 1.80. The van der Waals surface area contributed by atoms with Crippen molar-refractivity contribution in [3.8, 4) is 0 Å². The molecule has 0 aliphatic heterocycles. The first-order valence-corrected chi connectivity index (χ1v) is 5.15. The molecule has 3 heteroatoms. The van der Waals surface area contributed by atoms with Crippen LogP contribution in [0.5, 0.6) is 0 Å². The molecule has 25 valence electrons. The fraction of sp³-hybridized carbons (Fsp3) is 0. The lowest BCUT2D eigenvalue weighted by atomic mass is 11.9. The number of hydrogen-bond acceptors (Lipinski definition) is 0. The minimum absolute atomic E-state index is 1.44. The maximum atomic E-state index is 5.07. The van der Waals surface area contributed by atoms with Crippen molar-refractivity contribution in [1.82, 2.24) is 0 Å². The Labute approximate surface area is 36.7 Å². The van der Waals surface area contributed by atoms with Gasteiger partial charge in [-0.15, -0.1) is 0 Å².